The van der Waals surface area contributed by atoms with Crippen molar-refractivity contribution >= 4 is 28.5 Å². The summed E-state index contributed by atoms with van der Waals surface area (Å²) in [6.45, 7) is 0.608. The van der Waals surface area contributed by atoms with Gasteiger partial charge in [0.05, 0.1) is 42.7 Å². The summed E-state index contributed by atoms with van der Waals surface area (Å²) in [5.74, 6) is -0.454. The summed E-state index contributed by atoms with van der Waals surface area (Å²) in [6, 6.07) is 23.4. The highest BCUT2D eigenvalue weighted by Gasteiger charge is 2.32. The Bertz CT molecular complexity index is 1490. The maximum atomic E-state index is 12.4. The Kier molecular flexibility index (Phi) is 10.5. The molecule has 3 aromatic carbocycles. The maximum absolute atomic E-state index is 12.4. The number of nitrogens with zero attached hydrogens (tertiary/aromatic N) is 2. The summed E-state index contributed by atoms with van der Waals surface area (Å²) >= 11 is 0. The topological polar surface area (TPSA) is 135 Å². The van der Waals surface area contributed by atoms with Crippen molar-refractivity contribution in [2.24, 2.45) is 0 Å². The van der Waals surface area contributed by atoms with E-state index in [0.29, 0.717) is 31.5 Å². The van der Waals surface area contributed by atoms with Crippen molar-refractivity contribution in [2.75, 3.05) is 5.32 Å². The van der Waals surface area contributed by atoms with Gasteiger partial charge in [-0.1, -0.05) is 61.4 Å². The first-order valence-electron chi connectivity index (χ1n) is 14.8. The summed E-state index contributed by atoms with van der Waals surface area (Å²) in [5.41, 5.74) is 7.02. The number of para-hydroxylation sites is 2. The largest absolute Gasteiger partial charge is 0.392 e. The van der Waals surface area contributed by atoms with Crippen LogP contribution >= 0.6 is 0 Å². The minimum Gasteiger partial charge on any atom is -0.392 e. The molecule has 4 aromatic rings. The number of unbranched alkanes of at least 4 members (excludes halogenated alkanes) is 3. The summed E-state index contributed by atoms with van der Waals surface area (Å²) in [7, 11) is 0. The lowest BCUT2D eigenvalue weighted by molar-refractivity contribution is -0.252. The van der Waals surface area contributed by atoms with Crippen LogP contribution in [0.15, 0.2) is 79.1 Å². The molecule has 0 bridgehead atoms. The normalized spacial score (nSPS) is 18.4. The fraction of sp³-hybridized carbons (Fsp3) is 0.364. The number of anilines is 1. The van der Waals surface area contributed by atoms with Gasteiger partial charge < -0.3 is 24.5 Å². The van der Waals surface area contributed by atoms with Crippen molar-refractivity contribution in [3.05, 3.63) is 95.8 Å². The number of carbonyl (C=O) groups is 2. The van der Waals surface area contributed by atoms with E-state index in [-0.39, 0.29) is 37.0 Å². The Morgan fingerprint density at radius 1 is 0.860 bits per heavy atom. The lowest BCUT2D eigenvalue weighted by atomic mass is 10.00. The van der Waals surface area contributed by atoms with E-state index in [9.17, 15) is 14.7 Å². The summed E-state index contributed by atoms with van der Waals surface area (Å²) in [6.07, 6.45) is 5.28. The van der Waals surface area contributed by atoms with Crippen molar-refractivity contribution in [1.82, 2.24) is 15.0 Å². The molecule has 0 saturated carbocycles. The number of ether oxygens (including phenoxy) is 2. The molecule has 2 heterocycles. The van der Waals surface area contributed by atoms with Crippen molar-refractivity contribution in [2.45, 2.75) is 76.6 Å². The molecule has 4 N–H and O–H groups in total. The van der Waals surface area contributed by atoms with Crippen LogP contribution in [0.5, 0.6) is 0 Å². The highest BCUT2D eigenvalue weighted by molar-refractivity contribution is 5.90. The lowest BCUT2D eigenvalue weighted by Crippen LogP contribution is -2.32. The Balaban J connectivity index is 1.21. The maximum Gasteiger partial charge on any atom is 0.243 e. The van der Waals surface area contributed by atoms with Gasteiger partial charge in [-0.25, -0.2) is 10.5 Å². The van der Waals surface area contributed by atoms with Gasteiger partial charge in [-0.2, -0.15) is 0 Å². The fourth-order valence-corrected chi connectivity index (χ4v) is 5.34. The molecule has 3 unspecified atom stereocenters. The zero-order chi connectivity index (χ0) is 30.0. The molecule has 10 heteroatoms. The number of carbonyl (C=O) groups excluding carboxylic acids is 2. The van der Waals surface area contributed by atoms with E-state index >= 15 is 0 Å². The van der Waals surface area contributed by atoms with E-state index < -0.39 is 6.29 Å². The molecule has 1 aromatic heterocycles. The van der Waals surface area contributed by atoms with Crippen LogP contribution in [0.25, 0.3) is 11.0 Å². The number of hydroxylamine groups is 1. The van der Waals surface area contributed by atoms with Crippen molar-refractivity contribution < 1.29 is 29.4 Å². The zero-order valence-corrected chi connectivity index (χ0v) is 24.0. The summed E-state index contributed by atoms with van der Waals surface area (Å²) in [5, 5.41) is 20.9. The molecule has 1 aliphatic heterocycles. The van der Waals surface area contributed by atoms with Crippen LogP contribution in [-0.2, 0) is 32.2 Å². The first-order chi connectivity index (χ1) is 21.0. The molecule has 2 amide bonds. The van der Waals surface area contributed by atoms with Gasteiger partial charge >= 0.3 is 0 Å². The van der Waals surface area contributed by atoms with Crippen LogP contribution in [0.2, 0.25) is 0 Å². The molecular formula is C33H38N4O6. The molecule has 226 valence electrons. The summed E-state index contributed by atoms with van der Waals surface area (Å²) in [4.78, 5) is 28.0. The average Bonchev–Trinajstić information content (AvgIpc) is 3.45. The molecular weight excluding hydrogens is 548 g/mol. The van der Waals surface area contributed by atoms with Crippen LogP contribution in [0.1, 0.15) is 74.0 Å². The molecule has 0 aliphatic carbocycles. The molecule has 3 atom stereocenters. The number of benzene rings is 3. The molecule has 1 fully saturated rings. The Hall–Kier alpha value is -4.09. The van der Waals surface area contributed by atoms with E-state index in [0.717, 1.165) is 47.0 Å². The Morgan fingerprint density at radius 2 is 1.56 bits per heavy atom. The first kappa shape index (κ1) is 30.4. The number of amides is 2. The predicted octanol–water partition coefficient (Wildman–Crippen LogP) is 5.56. The molecule has 5 rings (SSSR count). The third-order valence-corrected chi connectivity index (χ3v) is 7.69. The highest BCUT2D eigenvalue weighted by Crippen LogP contribution is 2.39. The highest BCUT2D eigenvalue weighted by atomic mass is 16.7. The number of rotatable bonds is 13. The van der Waals surface area contributed by atoms with Crippen LogP contribution in [0.4, 0.5) is 5.69 Å². The van der Waals surface area contributed by atoms with Gasteiger partial charge in [-0.05, 0) is 48.2 Å². The monoisotopic (exact) mass is 586 g/mol. The second kappa shape index (κ2) is 14.9. The number of aromatic nitrogens is 2. The minimum atomic E-state index is -0.603. The molecule has 43 heavy (non-hydrogen) atoms. The number of hydrogen-bond acceptors (Lipinski definition) is 7. The van der Waals surface area contributed by atoms with Gasteiger partial charge in [0.2, 0.25) is 11.8 Å². The fourth-order valence-electron chi connectivity index (χ4n) is 5.34. The zero-order valence-electron chi connectivity index (χ0n) is 24.0. The third kappa shape index (κ3) is 8.26. The molecule has 0 spiro atoms. The lowest BCUT2D eigenvalue weighted by Gasteiger charge is -2.36. The SMILES string of the molecule is O=C(CCCCCCC(=O)Nc1ccc(C2OC(Cn3cnc4ccccc43)CC(c3ccc(CO)cc3)O2)cc1)NO. The van der Waals surface area contributed by atoms with Gasteiger partial charge in [0.15, 0.2) is 6.29 Å². The minimum absolute atomic E-state index is 0.0116. The van der Waals surface area contributed by atoms with Gasteiger partial charge in [0.25, 0.3) is 0 Å². The van der Waals surface area contributed by atoms with E-state index in [4.69, 9.17) is 14.7 Å². The number of imidazole rings is 1. The second-order valence-corrected chi connectivity index (χ2v) is 10.9. The number of aliphatic hydroxyl groups is 1. The average molecular weight is 587 g/mol. The van der Waals surface area contributed by atoms with Crippen LogP contribution < -0.4 is 10.8 Å². The van der Waals surface area contributed by atoms with Gasteiger partial charge in [-0.15, -0.1) is 0 Å². The quantitative estimate of drug-likeness (QED) is 0.0915. The molecule has 0 radical (unpaired) electrons. The molecule has 1 aliphatic rings. The number of hydrogen-bond donors (Lipinski definition) is 4. The van der Waals surface area contributed by atoms with Crippen LogP contribution in [-0.4, -0.2) is 37.8 Å². The van der Waals surface area contributed by atoms with Crippen LogP contribution in [0, 0.1) is 0 Å². The second-order valence-electron chi connectivity index (χ2n) is 10.9. The Labute approximate surface area is 250 Å². The van der Waals surface area contributed by atoms with Crippen molar-refractivity contribution in [1.29, 1.82) is 0 Å². The standard InChI is InChI=1S/C33H38N4O6/c38-21-23-11-13-24(14-12-23)30-19-27(20-37-22-34-28-7-5-6-8-29(28)37)42-33(43-30)25-15-17-26(18-16-25)35-31(39)9-3-1-2-4-10-32(40)36-41/h5-8,11-18,22,27,30,33,38,41H,1-4,9-10,19-21H2,(H,35,39)(H,36,40). The van der Waals surface area contributed by atoms with E-state index in [1.54, 1.807) is 5.48 Å². The van der Waals surface area contributed by atoms with E-state index in [2.05, 4.69) is 20.9 Å². The number of nitrogens with one attached hydrogen (secondary N) is 2. The summed E-state index contributed by atoms with van der Waals surface area (Å²) < 4.78 is 15.1. The van der Waals surface area contributed by atoms with Crippen LogP contribution in [0.3, 0.4) is 0 Å². The number of fused-ring (bicyclic) bond motifs is 1. The van der Waals surface area contributed by atoms with E-state index in [1.807, 2.05) is 73.1 Å². The number of aliphatic hydroxyl groups excluding tert-OH is 1. The Morgan fingerprint density at radius 3 is 2.28 bits per heavy atom. The smallest absolute Gasteiger partial charge is 0.243 e. The van der Waals surface area contributed by atoms with Gasteiger partial charge in [0.1, 0.15) is 0 Å². The predicted molar refractivity (Wildman–Crippen MR) is 161 cm³/mol. The van der Waals surface area contributed by atoms with E-state index in [1.165, 1.54) is 0 Å². The van der Waals surface area contributed by atoms with Gasteiger partial charge in [0, 0.05) is 30.5 Å². The van der Waals surface area contributed by atoms with Crippen molar-refractivity contribution in [3.8, 4) is 0 Å². The third-order valence-electron chi connectivity index (χ3n) is 7.69. The van der Waals surface area contributed by atoms with Gasteiger partial charge in [-0.3, -0.25) is 14.8 Å². The first-order valence-corrected chi connectivity index (χ1v) is 14.8. The molecule has 1 saturated heterocycles. The van der Waals surface area contributed by atoms with Crippen molar-refractivity contribution in [3.63, 3.8) is 0 Å². The molecule has 10 nitrogen and oxygen atoms in total.